The number of anilines is 1. The van der Waals surface area contributed by atoms with Gasteiger partial charge >= 0.3 is 0 Å². The topological polar surface area (TPSA) is 37.8 Å². The maximum atomic E-state index is 5.92. The molecule has 1 heterocycles. The molecule has 2 saturated carbocycles. The fraction of sp³-hybridized carbons (Fsp3) is 0.714. The summed E-state index contributed by atoms with van der Waals surface area (Å²) >= 11 is 5.92. The summed E-state index contributed by atoms with van der Waals surface area (Å²) in [6, 6.07) is 2.28. The summed E-state index contributed by atoms with van der Waals surface area (Å²) in [5.41, 5.74) is 0.718. The lowest BCUT2D eigenvalue weighted by Crippen LogP contribution is -2.45. The molecule has 0 aromatic carbocycles. The van der Waals surface area contributed by atoms with Crippen LogP contribution in [0.25, 0.3) is 0 Å². The van der Waals surface area contributed by atoms with Crippen molar-refractivity contribution in [2.45, 2.75) is 46.1 Å². The molecule has 0 aliphatic heterocycles. The minimum atomic E-state index is 0.324. The number of hydrogen-bond donors (Lipinski definition) is 1. The summed E-state index contributed by atoms with van der Waals surface area (Å²) in [6.07, 6.45) is 5.54. The number of aromatic nitrogens is 2. The van der Waals surface area contributed by atoms with E-state index in [1.54, 1.807) is 0 Å². The smallest absolute Gasteiger partial charge is 0.134 e. The SMILES string of the molecule is CC12CCC(C1)C(C)(C)C2Nc1cc(Cl)ncn1. The average Bonchev–Trinajstić information content (AvgIpc) is 2.76. The zero-order valence-electron chi connectivity index (χ0n) is 11.2. The molecule has 2 aliphatic carbocycles. The van der Waals surface area contributed by atoms with E-state index in [1.807, 2.05) is 6.07 Å². The Balaban J connectivity index is 1.88. The molecule has 2 aliphatic rings. The first-order valence-electron chi connectivity index (χ1n) is 6.66. The highest BCUT2D eigenvalue weighted by Crippen LogP contribution is 2.62. The van der Waals surface area contributed by atoms with E-state index in [-0.39, 0.29) is 0 Å². The predicted octanol–water partition coefficient (Wildman–Crippen LogP) is 3.76. The van der Waals surface area contributed by atoms with E-state index in [4.69, 9.17) is 11.6 Å². The first kappa shape index (κ1) is 12.2. The highest BCUT2D eigenvalue weighted by Gasteiger charge is 2.59. The zero-order chi connectivity index (χ0) is 13.0. The van der Waals surface area contributed by atoms with E-state index in [9.17, 15) is 0 Å². The van der Waals surface area contributed by atoms with E-state index < -0.39 is 0 Å². The lowest BCUT2D eigenvalue weighted by Gasteiger charge is -2.43. The largest absolute Gasteiger partial charge is 0.366 e. The second-order valence-electron chi connectivity index (χ2n) is 6.72. The van der Waals surface area contributed by atoms with Gasteiger partial charge in [0.25, 0.3) is 0 Å². The van der Waals surface area contributed by atoms with Crippen molar-refractivity contribution in [2.75, 3.05) is 5.32 Å². The van der Waals surface area contributed by atoms with Crippen molar-refractivity contribution in [1.29, 1.82) is 0 Å². The molecule has 3 nitrogen and oxygen atoms in total. The number of hydrogen-bond acceptors (Lipinski definition) is 3. The number of halogens is 1. The summed E-state index contributed by atoms with van der Waals surface area (Å²) < 4.78 is 0. The highest BCUT2D eigenvalue weighted by molar-refractivity contribution is 6.29. The molecule has 18 heavy (non-hydrogen) atoms. The minimum Gasteiger partial charge on any atom is -0.366 e. The zero-order valence-corrected chi connectivity index (χ0v) is 12.0. The Morgan fingerprint density at radius 1 is 1.33 bits per heavy atom. The van der Waals surface area contributed by atoms with Crippen LogP contribution in [0.2, 0.25) is 5.15 Å². The Labute approximate surface area is 113 Å². The summed E-state index contributed by atoms with van der Waals surface area (Å²) in [6.45, 7) is 7.16. The molecule has 0 saturated heterocycles. The van der Waals surface area contributed by atoms with Crippen LogP contribution in [0.1, 0.15) is 40.0 Å². The molecule has 3 unspecified atom stereocenters. The highest BCUT2D eigenvalue weighted by atomic mass is 35.5. The van der Waals surface area contributed by atoms with Gasteiger partial charge in [-0.05, 0) is 36.0 Å². The molecule has 3 rings (SSSR count). The van der Waals surface area contributed by atoms with Gasteiger partial charge in [0, 0.05) is 12.1 Å². The van der Waals surface area contributed by atoms with E-state index in [0.29, 0.717) is 22.0 Å². The van der Waals surface area contributed by atoms with Crippen molar-refractivity contribution in [3.8, 4) is 0 Å². The van der Waals surface area contributed by atoms with Crippen LogP contribution in [-0.2, 0) is 0 Å². The minimum absolute atomic E-state index is 0.324. The van der Waals surface area contributed by atoms with E-state index >= 15 is 0 Å². The maximum Gasteiger partial charge on any atom is 0.134 e. The molecule has 4 heteroatoms. The normalized spacial score (nSPS) is 36.9. The second kappa shape index (κ2) is 3.83. The Morgan fingerprint density at radius 3 is 2.72 bits per heavy atom. The third kappa shape index (κ3) is 1.71. The Kier molecular flexibility index (Phi) is 2.60. The Bertz CT molecular complexity index is 469. The quantitative estimate of drug-likeness (QED) is 0.828. The van der Waals surface area contributed by atoms with Gasteiger partial charge in [0.1, 0.15) is 17.3 Å². The van der Waals surface area contributed by atoms with Crippen molar-refractivity contribution in [3.63, 3.8) is 0 Å². The standard InChI is InChI=1S/C14H20ClN3/c1-13(2)9-4-5-14(3,7-9)12(13)18-11-6-10(15)16-8-17-11/h6,8-9,12H,4-5,7H2,1-3H3,(H,16,17,18). The fourth-order valence-electron chi connectivity index (χ4n) is 4.22. The molecule has 98 valence electrons. The summed E-state index contributed by atoms with van der Waals surface area (Å²) in [4.78, 5) is 8.21. The number of fused-ring (bicyclic) bond motifs is 2. The van der Waals surface area contributed by atoms with Gasteiger partial charge in [0.05, 0.1) is 0 Å². The van der Waals surface area contributed by atoms with Gasteiger partial charge in [-0.1, -0.05) is 32.4 Å². The number of rotatable bonds is 2. The molecule has 0 amide bonds. The van der Waals surface area contributed by atoms with Crippen molar-refractivity contribution in [2.24, 2.45) is 16.7 Å². The van der Waals surface area contributed by atoms with Crippen LogP contribution >= 0.6 is 11.6 Å². The number of nitrogens with one attached hydrogen (secondary N) is 1. The maximum absolute atomic E-state index is 5.92. The second-order valence-corrected chi connectivity index (χ2v) is 7.11. The fourth-order valence-corrected chi connectivity index (χ4v) is 4.37. The monoisotopic (exact) mass is 265 g/mol. The molecule has 0 spiro atoms. The van der Waals surface area contributed by atoms with Crippen molar-refractivity contribution < 1.29 is 0 Å². The molecule has 3 atom stereocenters. The van der Waals surface area contributed by atoms with E-state index in [0.717, 1.165) is 11.7 Å². The summed E-state index contributed by atoms with van der Waals surface area (Å²) in [5.74, 6) is 1.68. The summed E-state index contributed by atoms with van der Waals surface area (Å²) in [5, 5.41) is 4.11. The summed E-state index contributed by atoms with van der Waals surface area (Å²) in [7, 11) is 0. The third-order valence-corrected chi connectivity index (χ3v) is 5.40. The van der Waals surface area contributed by atoms with Crippen LogP contribution in [0.3, 0.4) is 0 Å². The molecule has 0 radical (unpaired) electrons. The van der Waals surface area contributed by atoms with Gasteiger partial charge in [-0.2, -0.15) is 0 Å². The lowest BCUT2D eigenvalue weighted by atomic mass is 9.68. The molecule has 2 fully saturated rings. The molecule has 1 aromatic rings. The third-order valence-electron chi connectivity index (χ3n) is 5.20. The van der Waals surface area contributed by atoms with Crippen LogP contribution in [0, 0.1) is 16.7 Å². The van der Waals surface area contributed by atoms with Crippen molar-refractivity contribution in [1.82, 2.24) is 9.97 Å². The Hall–Kier alpha value is -0.830. The van der Waals surface area contributed by atoms with Gasteiger partial charge in [0.15, 0.2) is 0 Å². The average molecular weight is 266 g/mol. The molecule has 1 aromatic heterocycles. The lowest BCUT2D eigenvalue weighted by molar-refractivity contribution is 0.155. The van der Waals surface area contributed by atoms with Gasteiger partial charge in [-0.15, -0.1) is 0 Å². The van der Waals surface area contributed by atoms with Crippen molar-refractivity contribution >= 4 is 17.4 Å². The van der Waals surface area contributed by atoms with Crippen LogP contribution in [-0.4, -0.2) is 16.0 Å². The van der Waals surface area contributed by atoms with Crippen molar-refractivity contribution in [3.05, 3.63) is 17.5 Å². The van der Waals surface area contributed by atoms with Crippen LogP contribution in [0.5, 0.6) is 0 Å². The van der Waals surface area contributed by atoms with E-state index in [1.165, 1.54) is 25.6 Å². The molecule has 2 bridgehead atoms. The first-order valence-corrected chi connectivity index (χ1v) is 7.04. The van der Waals surface area contributed by atoms with Gasteiger partial charge in [0.2, 0.25) is 0 Å². The predicted molar refractivity (Wildman–Crippen MR) is 73.7 cm³/mol. The first-order chi connectivity index (χ1) is 8.42. The van der Waals surface area contributed by atoms with Gasteiger partial charge in [-0.3, -0.25) is 0 Å². The Morgan fingerprint density at radius 2 is 2.11 bits per heavy atom. The van der Waals surface area contributed by atoms with Crippen LogP contribution in [0.15, 0.2) is 12.4 Å². The van der Waals surface area contributed by atoms with Crippen LogP contribution in [0.4, 0.5) is 5.82 Å². The molecule has 1 N–H and O–H groups in total. The van der Waals surface area contributed by atoms with E-state index in [2.05, 4.69) is 36.1 Å². The van der Waals surface area contributed by atoms with Gasteiger partial charge in [-0.25, -0.2) is 9.97 Å². The molecular weight excluding hydrogens is 246 g/mol. The number of nitrogens with zero attached hydrogens (tertiary/aromatic N) is 2. The van der Waals surface area contributed by atoms with Crippen LogP contribution < -0.4 is 5.32 Å². The molecular formula is C14H20ClN3. The van der Waals surface area contributed by atoms with Gasteiger partial charge < -0.3 is 5.32 Å².